The van der Waals surface area contributed by atoms with Crippen LogP contribution in [0.5, 0.6) is 0 Å². The molecule has 0 atom stereocenters. The molecule has 0 spiro atoms. The highest BCUT2D eigenvalue weighted by atomic mass is 35.5. The van der Waals surface area contributed by atoms with Gasteiger partial charge in [0.05, 0.1) is 4.92 Å². The van der Waals surface area contributed by atoms with Gasteiger partial charge in [0.2, 0.25) is 0 Å². The standard InChI is InChI=1S/C16H15ClN2O3/c1-10(2)11-3-5-12(6-4-11)16(20)18-13-7-8-14(17)15(9-13)19(21)22/h3-10H,1-2H3,(H,18,20). The number of carbonyl (C=O) groups excluding carboxylic acids is 1. The lowest BCUT2D eigenvalue weighted by molar-refractivity contribution is -0.384. The molecule has 0 aliphatic heterocycles. The number of nitro benzene ring substituents is 1. The summed E-state index contributed by atoms with van der Waals surface area (Å²) in [4.78, 5) is 22.4. The van der Waals surface area contributed by atoms with Crippen molar-refractivity contribution in [2.24, 2.45) is 0 Å². The van der Waals surface area contributed by atoms with Gasteiger partial charge in [-0.25, -0.2) is 0 Å². The second kappa shape index (κ2) is 6.58. The van der Waals surface area contributed by atoms with E-state index >= 15 is 0 Å². The predicted octanol–water partition coefficient (Wildman–Crippen LogP) is 4.62. The predicted molar refractivity (Wildman–Crippen MR) is 86.6 cm³/mol. The molecule has 114 valence electrons. The summed E-state index contributed by atoms with van der Waals surface area (Å²) in [5, 5.41) is 13.5. The van der Waals surface area contributed by atoms with Gasteiger partial charge in [-0.15, -0.1) is 0 Å². The van der Waals surface area contributed by atoms with Gasteiger partial charge < -0.3 is 5.32 Å². The van der Waals surface area contributed by atoms with Crippen molar-refractivity contribution in [3.8, 4) is 0 Å². The van der Waals surface area contributed by atoms with Crippen LogP contribution in [0.2, 0.25) is 5.02 Å². The van der Waals surface area contributed by atoms with Gasteiger partial charge in [0, 0.05) is 17.3 Å². The van der Waals surface area contributed by atoms with Crippen molar-refractivity contribution in [1.82, 2.24) is 0 Å². The van der Waals surface area contributed by atoms with Crippen molar-refractivity contribution in [2.45, 2.75) is 19.8 Å². The summed E-state index contributed by atoms with van der Waals surface area (Å²) in [7, 11) is 0. The van der Waals surface area contributed by atoms with Crippen LogP contribution in [0.1, 0.15) is 35.7 Å². The van der Waals surface area contributed by atoms with E-state index in [1.165, 1.54) is 18.2 Å². The van der Waals surface area contributed by atoms with Gasteiger partial charge in [0.15, 0.2) is 0 Å². The van der Waals surface area contributed by atoms with Crippen molar-refractivity contribution in [1.29, 1.82) is 0 Å². The van der Waals surface area contributed by atoms with Crippen molar-refractivity contribution < 1.29 is 9.72 Å². The molecule has 22 heavy (non-hydrogen) atoms. The lowest BCUT2D eigenvalue weighted by Crippen LogP contribution is -2.12. The molecule has 0 aromatic heterocycles. The Bertz CT molecular complexity index is 712. The summed E-state index contributed by atoms with van der Waals surface area (Å²) in [6.07, 6.45) is 0. The van der Waals surface area contributed by atoms with Gasteiger partial charge in [-0.2, -0.15) is 0 Å². The van der Waals surface area contributed by atoms with E-state index in [0.717, 1.165) is 5.56 Å². The second-order valence-electron chi connectivity index (χ2n) is 5.15. The Morgan fingerprint density at radius 3 is 2.36 bits per heavy atom. The molecule has 2 aromatic rings. The smallest absolute Gasteiger partial charge is 0.289 e. The van der Waals surface area contributed by atoms with Gasteiger partial charge in [-0.3, -0.25) is 14.9 Å². The highest BCUT2D eigenvalue weighted by Crippen LogP contribution is 2.27. The zero-order valence-corrected chi connectivity index (χ0v) is 12.9. The fourth-order valence-corrected chi connectivity index (χ4v) is 2.14. The molecule has 0 fully saturated rings. The number of rotatable bonds is 4. The monoisotopic (exact) mass is 318 g/mol. The maximum absolute atomic E-state index is 12.1. The second-order valence-corrected chi connectivity index (χ2v) is 5.56. The quantitative estimate of drug-likeness (QED) is 0.660. The van der Waals surface area contributed by atoms with Crippen molar-refractivity contribution in [3.05, 3.63) is 68.7 Å². The zero-order chi connectivity index (χ0) is 16.3. The Hall–Kier alpha value is -2.40. The molecule has 0 saturated carbocycles. The van der Waals surface area contributed by atoms with Crippen LogP contribution in [0, 0.1) is 10.1 Å². The molecule has 0 radical (unpaired) electrons. The molecule has 0 aliphatic rings. The Balaban J connectivity index is 2.18. The number of hydrogen-bond donors (Lipinski definition) is 1. The summed E-state index contributed by atoms with van der Waals surface area (Å²) in [6, 6.07) is 11.4. The average molecular weight is 319 g/mol. The van der Waals surface area contributed by atoms with Gasteiger partial charge in [0.1, 0.15) is 5.02 Å². The average Bonchev–Trinajstić information content (AvgIpc) is 2.49. The molecule has 2 rings (SSSR count). The van der Waals surface area contributed by atoms with Gasteiger partial charge in [-0.05, 0) is 35.7 Å². The Kier molecular flexibility index (Phi) is 4.78. The van der Waals surface area contributed by atoms with Crippen LogP contribution in [0.15, 0.2) is 42.5 Å². The topological polar surface area (TPSA) is 72.2 Å². The van der Waals surface area contributed by atoms with Crippen LogP contribution in [-0.4, -0.2) is 10.8 Å². The highest BCUT2D eigenvalue weighted by molar-refractivity contribution is 6.32. The minimum atomic E-state index is -0.588. The van der Waals surface area contributed by atoms with Crippen LogP contribution < -0.4 is 5.32 Å². The third-order valence-corrected chi connectivity index (χ3v) is 3.56. The summed E-state index contributed by atoms with van der Waals surface area (Å²) in [5.41, 5.74) is 1.71. The van der Waals surface area contributed by atoms with Crippen molar-refractivity contribution >= 4 is 28.9 Å². The number of carbonyl (C=O) groups is 1. The first-order valence-corrected chi connectivity index (χ1v) is 7.11. The Morgan fingerprint density at radius 2 is 1.82 bits per heavy atom. The molecule has 5 nitrogen and oxygen atoms in total. The molecule has 0 heterocycles. The SMILES string of the molecule is CC(C)c1ccc(C(=O)Nc2ccc(Cl)c([N+](=O)[O-])c2)cc1. The number of anilines is 1. The van der Waals surface area contributed by atoms with E-state index in [-0.39, 0.29) is 16.6 Å². The molecule has 0 unspecified atom stereocenters. The maximum Gasteiger partial charge on any atom is 0.289 e. The molecule has 0 bridgehead atoms. The highest BCUT2D eigenvalue weighted by Gasteiger charge is 2.14. The number of nitro groups is 1. The Morgan fingerprint density at radius 1 is 1.18 bits per heavy atom. The van der Waals surface area contributed by atoms with Crippen LogP contribution in [0.25, 0.3) is 0 Å². The summed E-state index contributed by atoms with van der Waals surface area (Å²) in [5.74, 6) is 0.0583. The van der Waals surface area contributed by atoms with E-state index in [2.05, 4.69) is 19.2 Å². The molecule has 6 heteroatoms. The van der Waals surface area contributed by atoms with Crippen LogP contribution in [0.4, 0.5) is 11.4 Å². The largest absolute Gasteiger partial charge is 0.322 e. The fourth-order valence-electron chi connectivity index (χ4n) is 1.95. The van der Waals surface area contributed by atoms with Gasteiger partial charge in [0.25, 0.3) is 11.6 Å². The normalized spacial score (nSPS) is 10.5. The lowest BCUT2D eigenvalue weighted by atomic mass is 10.0. The van der Waals surface area contributed by atoms with Gasteiger partial charge in [-0.1, -0.05) is 37.6 Å². The lowest BCUT2D eigenvalue weighted by Gasteiger charge is -2.08. The number of benzene rings is 2. The van der Waals surface area contributed by atoms with E-state index in [9.17, 15) is 14.9 Å². The minimum Gasteiger partial charge on any atom is -0.322 e. The summed E-state index contributed by atoms with van der Waals surface area (Å²) < 4.78 is 0. The minimum absolute atomic E-state index is 0.0317. The Labute approximate surface area is 133 Å². The summed E-state index contributed by atoms with van der Waals surface area (Å²) in [6.45, 7) is 4.14. The molecule has 2 aromatic carbocycles. The molecule has 1 amide bonds. The number of nitrogens with one attached hydrogen (secondary N) is 1. The van der Waals surface area contributed by atoms with E-state index in [0.29, 0.717) is 17.2 Å². The third kappa shape index (κ3) is 3.62. The molecule has 0 aliphatic carbocycles. The molecule has 0 saturated heterocycles. The fraction of sp³-hybridized carbons (Fsp3) is 0.188. The molecular weight excluding hydrogens is 304 g/mol. The van der Waals surface area contributed by atoms with E-state index in [1.54, 1.807) is 12.1 Å². The zero-order valence-electron chi connectivity index (χ0n) is 12.2. The third-order valence-electron chi connectivity index (χ3n) is 3.24. The van der Waals surface area contributed by atoms with E-state index in [4.69, 9.17) is 11.6 Å². The number of amides is 1. The number of nitrogens with zero attached hydrogens (tertiary/aromatic N) is 1. The van der Waals surface area contributed by atoms with Crippen molar-refractivity contribution in [3.63, 3.8) is 0 Å². The number of halogens is 1. The maximum atomic E-state index is 12.1. The van der Waals surface area contributed by atoms with Crippen LogP contribution in [-0.2, 0) is 0 Å². The molecular formula is C16H15ClN2O3. The van der Waals surface area contributed by atoms with Gasteiger partial charge >= 0.3 is 0 Å². The molecule has 1 N–H and O–H groups in total. The van der Waals surface area contributed by atoms with E-state index < -0.39 is 4.92 Å². The number of hydrogen-bond acceptors (Lipinski definition) is 3. The van der Waals surface area contributed by atoms with Crippen LogP contribution >= 0.6 is 11.6 Å². The first-order valence-electron chi connectivity index (χ1n) is 6.73. The van der Waals surface area contributed by atoms with Crippen molar-refractivity contribution in [2.75, 3.05) is 5.32 Å². The summed E-state index contributed by atoms with van der Waals surface area (Å²) >= 11 is 5.74. The first kappa shape index (κ1) is 16.0. The van der Waals surface area contributed by atoms with E-state index in [1.807, 2.05) is 12.1 Å². The first-order chi connectivity index (χ1) is 10.4. The van der Waals surface area contributed by atoms with Crippen LogP contribution in [0.3, 0.4) is 0 Å².